The molecule has 2 N–H and O–H groups in total. The number of carbonyl (C=O) groups excluding carboxylic acids is 1. The van der Waals surface area contributed by atoms with Crippen LogP contribution in [0.2, 0.25) is 0 Å². The maximum atomic E-state index is 12.3. The lowest BCUT2D eigenvalue weighted by Gasteiger charge is -2.31. The molecule has 4 heteroatoms. The fraction of sp³-hybridized carbons (Fsp3) is 0.261. The Balaban J connectivity index is 1.28. The van der Waals surface area contributed by atoms with Crippen LogP contribution in [0.3, 0.4) is 0 Å². The van der Waals surface area contributed by atoms with Crippen LogP contribution in [0.15, 0.2) is 66.7 Å². The maximum Gasteiger partial charge on any atom is 0.319 e. The highest BCUT2D eigenvalue weighted by molar-refractivity contribution is 6.01. The third-order valence-electron chi connectivity index (χ3n) is 5.13. The first-order valence-electron chi connectivity index (χ1n) is 9.67. The van der Waals surface area contributed by atoms with E-state index < -0.39 is 0 Å². The number of aryl methyl sites for hydroxylation is 1. The van der Waals surface area contributed by atoms with Crippen LogP contribution >= 0.6 is 0 Å². The molecule has 0 spiro atoms. The van der Waals surface area contributed by atoms with Crippen molar-refractivity contribution in [2.24, 2.45) is 0 Å². The Morgan fingerprint density at radius 3 is 2.74 bits per heavy atom. The second-order valence-corrected chi connectivity index (χ2v) is 6.98. The van der Waals surface area contributed by atoms with Gasteiger partial charge >= 0.3 is 6.03 Å². The van der Waals surface area contributed by atoms with E-state index in [4.69, 9.17) is 0 Å². The molecule has 138 valence electrons. The van der Waals surface area contributed by atoms with Crippen molar-refractivity contribution in [2.45, 2.75) is 19.3 Å². The van der Waals surface area contributed by atoms with Crippen molar-refractivity contribution < 1.29 is 4.79 Å². The standard InChI is InChI=1S/C23H25N3O/c27-23(25-21-13-5-10-18-8-1-3-12-20(18)21)24-15-7-17-26-16-6-11-19-9-2-4-14-22(19)26/h1-5,8-10,12-14H,6-7,11,15-17H2,(H2,24,25,27). The number of anilines is 2. The first-order chi connectivity index (χ1) is 13.3. The van der Waals surface area contributed by atoms with Gasteiger partial charge in [-0.05, 0) is 42.3 Å². The minimum Gasteiger partial charge on any atom is -0.371 e. The molecule has 1 heterocycles. The molecule has 2 amide bonds. The molecule has 1 aliphatic heterocycles. The number of hydrogen-bond acceptors (Lipinski definition) is 2. The highest BCUT2D eigenvalue weighted by atomic mass is 16.2. The molecule has 3 aromatic rings. The van der Waals surface area contributed by atoms with Gasteiger partial charge < -0.3 is 15.5 Å². The van der Waals surface area contributed by atoms with Gasteiger partial charge in [-0.2, -0.15) is 0 Å². The molecular formula is C23H25N3O. The first-order valence-corrected chi connectivity index (χ1v) is 9.67. The summed E-state index contributed by atoms with van der Waals surface area (Å²) in [6.45, 7) is 2.72. The highest BCUT2D eigenvalue weighted by Crippen LogP contribution is 2.26. The number of fused-ring (bicyclic) bond motifs is 2. The van der Waals surface area contributed by atoms with E-state index in [0.29, 0.717) is 6.54 Å². The third-order valence-corrected chi connectivity index (χ3v) is 5.13. The van der Waals surface area contributed by atoms with Crippen LogP contribution in [-0.2, 0) is 6.42 Å². The summed E-state index contributed by atoms with van der Waals surface area (Å²) >= 11 is 0. The van der Waals surface area contributed by atoms with Crippen molar-refractivity contribution in [3.05, 3.63) is 72.3 Å². The van der Waals surface area contributed by atoms with E-state index in [1.54, 1.807) is 0 Å². The van der Waals surface area contributed by atoms with Crippen LogP contribution in [0.5, 0.6) is 0 Å². The molecule has 1 aliphatic rings. The molecule has 3 aromatic carbocycles. The number of nitrogens with zero attached hydrogens (tertiary/aromatic N) is 1. The summed E-state index contributed by atoms with van der Waals surface area (Å²) in [6, 6.07) is 22.5. The number of carbonyl (C=O) groups is 1. The fourth-order valence-corrected chi connectivity index (χ4v) is 3.82. The van der Waals surface area contributed by atoms with Gasteiger partial charge in [0.05, 0.1) is 5.69 Å². The Hall–Kier alpha value is -3.01. The number of nitrogens with one attached hydrogen (secondary N) is 2. The molecule has 0 atom stereocenters. The molecule has 0 radical (unpaired) electrons. The van der Waals surface area contributed by atoms with Crippen molar-refractivity contribution in [3.8, 4) is 0 Å². The average molecular weight is 359 g/mol. The predicted octanol–water partition coefficient (Wildman–Crippen LogP) is 4.80. The van der Waals surface area contributed by atoms with Crippen LogP contribution in [0, 0.1) is 0 Å². The van der Waals surface area contributed by atoms with Gasteiger partial charge in [-0.25, -0.2) is 4.79 Å². The second kappa shape index (κ2) is 8.12. The lowest BCUT2D eigenvalue weighted by molar-refractivity contribution is 0.252. The second-order valence-electron chi connectivity index (χ2n) is 6.98. The summed E-state index contributed by atoms with van der Waals surface area (Å²) < 4.78 is 0. The molecule has 0 fully saturated rings. The van der Waals surface area contributed by atoms with Crippen molar-refractivity contribution in [1.29, 1.82) is 0 Å². The van der Waals surface area contributed by atoms with Gasteiger partial charge in [0, 0.05) is 30.7 Å². The van der Waals surface area contributed by atoms with E-state index in [9.17, 15) is 4.79 Å². The molecule has 4 nitrogen and oxygen atoms in total. The SMILES string of the molecule is O=C(NCCCN1CCCc2ccccc21)Nc1cccc2ccccc12. The topological polar surface area (TPSA) is 44.4 Å². The quantitative estimate of drug-likeness (QED) is 0.643. The number of urea groups is 1. The minimum atomic E-state index is -0.148. The molecule has 27 heavy (non-hydrogen) atoms. The third kappa shape index (κ3) is 4.05. The molecule has 0 saturated carbocycles. The van der Waals surface area contributed by atoms with Crippen LogP contribution in [0.25, 0.3) is 10.8 Å². The highest BCUT2D eigenvalue weighted by Gasteiger charge is 2.15. The molecule has 4 rings (SSSR count). The van der Waals surface area contributed by atoms with Crippen molar-refractivity contribution in [3.63, 3.8) is 0 Å². The van der Waals surface area contributed by atoms with E-state index >= 15 is 0 Å². The van der Waals surface area contributed by atoms with Crippen LogP contribution in [0.4, 0.5) is 16.2 Å². The number of amides is 2. The van der Waals surface area contributed by atoms with E-state index in [1.165, 1.54) is 24.1 Å². The van der Waals surface area contributed by atoms with Crippen molar-refractivity contribution >= 4 is 28.2 Å². The lowest BCUT2D eigenvalue weighted by atomic mass is 10.0. The monoisotopic (exact) mass is 359 g/mol. The molecule has 0 bridgehead atoms. The normalized spacial score (nSPS) is 13.3. The van der Waals surface area contributed by atoms with E-state index in [0.717, 1.165) is 36.0 Å². The summed E-state index contributed by atoms with van der Waals surface area (Å²) in [5.74, 6) is 0. The number of hydrogen-bond donors (Lipinski definition) is 2. The maximum absolute atomic E-state index is 12.3. The molecule has 0 aliphatic carbocycles. The van der Waals surface area contributed by atoms with Gasteiger partial charge in [0.15, 0.2) is 0 Å². The Kier molecular flexibility index (Phi) is 5.24. The molecule has 0 aromatic heterocycles. The zero-order valence-electron chi connectivity index (χ0n) is 15.4. The van der Waals surface area contributed by atoms with E-state index in [1.807, 2.05) is 30.3 Å². The summed E-state index contributed by atoms with van der Waals surface area (Å²) in [4.78, 5) is 14.7. The zero-order chi connectivity index (χ0) is 18.5. The van der Waals surface area contributed by atoms with Crippen LogP contribution < -0.4 is 15.5 Å². The van der Waals surface area contributed by atoms with Crippen LogP contribution in [0.1, 0.15) is 18.4 Å². The first kappa shape index (κ1) is 17.4. The molecular weight excluding hydrogens is 334 g/mol. The summed E-state index contributed by atoms with van der Waals surface area (Å²) in [5.41, 5.74) is 3.63. The molecule has 0 unspecified atom stereocenters. The van der Waals surface area contributed by atoms with Gasteiger partial charge in [-0.1, -0.05) is 54.6 Å². The van der Waals surface area contributed by atoms with Gasteiger partial charge in [-0.15, -0.1) is 0 Å². The largest absolute Gasteiger partial charge is 0.371 e. The van der Waals surface area contributed by atoms with Gasteiger partial charge in [-0.3, -0.25) is 0 Å². The van der Waals surface area contributed by atoms with E-state index in [2.05, 4.69) is 51.9 Å². The minimum absolute atomic E-state index is 0.148. The Morgan fingerprint density at radius 1 is 0.963 bits per heavy atom. The van der Waals surface area contributed by atoms with Gasteiger partial charge in [0.25, 0.3) is 0 Å². The van der Waals surface area contributed by atoms with Gasteiger partial charge in [0.2, 0.25) is 0 Å². The smallest absolute Gasteiger partial charge is 0.319 e. The summed E-state index contributed by atoms with van der Waals surface area (Å²) in [5, 5.41) is 8.14. The van der Waals surface area contributed by atoms with Crippen molar-refractivity contribution in [1.82, 2.24) is 5.32 Å². The number of benzene rings is 3. The van der Waals surface area contributed by atoms with Gasteiger partial charge in [0.1, 0.15) is 0 Å². The predicted molar refractivity (Wildman–Crippen MR) is 113 cm³/mol. The summed E-state index contributed by atoms with van der Waals surface area (Å²) in [7, 11) is 0. The summed E-state index contributed by atoms with van der Waals surface area (Å²) in [6.07, 6.45) is 3.29. The Morgan fingerprint density at radius 2 is 1.78 bits per heavy atom. The fourth-order valence-electron chi connectivity index (χ4n) is 3.82. The van der Waals surface area contributed by atoms with E-state index in [-0.39, 0.29) is 6.03 Å². The average Bonchev–Trinajstić information content (AvgIpc) is 2.71. The lowest BCUT2D eigenvalue weighted by Crippen LogP contribution is -2.34. The van der Waals surface area contributed by atoms with Crippen LogP contribution in [-0.4, -0.2) is 25.7 Å². The number of para-hydroxylation sites is 1. The number of rotatable bonds is 5. The Bertz CT molecular complexity index is 932. The molecule has 0 saturated heterocycles. The Labute approximate surface area is 160 Å². The zero-order valence-corrected chi connectivity index (χ0v) is 15.4. The van der Waals surface area contributed by atoms with Crippen molar-refractivity contribution in [2.75, 3.05) is 29.9 Å².